The van der Waals surface area contributed by atoms with Crippen LogP contribution in [0.3, 0.4) is 0 Å². The van der Waals surface area contributed by atoms with Gasteiger partial charge in [-0.25, -0.2) is 14.4 Å². The second kappa shape index (κ2) is 34.7. The van der Waals surface area contributed by atoms with Crippen LogP contribution in [0, 0.1) is 11.8 Å². The Balaban J connectivity index is 1.13. The number of urea groups is 1. The zero-order valence-corrected chi connectivity index (χ0v) is 48.0. The largest absolute Gasteiger partial charge is 0.481 e. The standard InChI is InChI=1S/C57H78N10O17S/c68-47(69)19-18-45(55(82)83)63-56(84)62-44(54(80)81)7-3-4-20-58-53(79)46(29-38-10-13-39-5-1-2-6-41(39)27-38)61-52(78)40-14-8-37(9-15-40)30-59-57(85)60-42-16-11-36(12-17-42)28-43-31-66(34-50(74)75)24-23-64(32-48(70)71)21-22-65(33-49(72)73)25-26-67(43)35-51(76)77/h1-2,5-6,10-13,16-17,27,37,40,43-46H,3-4,7-9,14-15,18-26,28-35H2,(H,58,79)(H,61,78)(H,68,69)(H,70,71)(H,72,73)(H,74,75)(H,76,77)(H,80,81)(H,82,83)(H2,59,60,85)(H2,62,63,84)/t37-,40-,43?,44-,45-,46-/m0/s1. The average molecular weight is 1210 g/mol. The van der Waals surface area contributed by atoms with Gasteiger partial charge in [0.25, 0.3) is 0 Å². The van der Waals surface area contributed by atoms with Crippen LogP contribution in [-0.4, -0.2) is 229 Å². The maximum absolute atomic E-state index is 13.9. The lowest BCUT2D eigenvalue weighted by molar-refractivity contribution is -0.142. The number of rotatable bonds is 30. The summed E-state index contributed by atoms with van der Waals surface area (Å²) in [5.74, 6) is -9.42. The fourth-order valence-electron chi connectivity index (χ4n) is 10.4. The Morgan fingerprint density at radius 3 is 1.69 bits per heavy atom. The molecule has 2 fully saturated rings. The molecule has 4 amide bonds. The number of nitrogens with zero attached hydrogens (tertiary/aromatic N) is 4. The Morgan fingerprint density at radius 1 is 0.553 bits per heavy atom. The topological polar surface area (TPSA) is 397 Å². The van der Waals surface area contributed by atoms with Crippen LogP contribution in [0.5, 0.6) is 0 Å². The molecule has 3 aromatic rings. The number of amides is 4. The number of carbonyl (C=O) groups excluding carboxylic acids is 3. The van der Waals surface area contributed by atoms with Gasteiger partial charge in [-0.05, 0) is 110 Å². The van der Waals surface area contributed by atoms with E-state index < -0.39 is 90.7 Å². The van der Waals surface area contributed by atoms with Crippen molar-refractivity contribution in [2.24, 2.45) is 11.8 Å². The third-order valence-corrected chi connectivity index (χ3v) is 15.2. The monoisotopic (exact) mass is 1210 g/mol. The molecule has 1 saturated carbocycles. The Hall–Kier alpha value is -8.05. The van der Waals surface area contributed by atoms with Gasteiger partial charge in [-0.1, -0.05) is 54.6 Å². The summed E-state index contributed by atoms with van der Waals surface area (Å²) >= 11 is 5.65. The number of anilines is 1. The average Bonchev–Trinajstić information content (AvgIpc) is 3.52. The summed E-state index contributed by atoms with van der Waals surface area (Å²) in [4.78, 5) is 129. The normalized spacial score (nSPS) is 18.6. The summed E-state index contributed by atoms with van der Waals surface area (Å²) in [6.45, 7) is 0.389. The van der Waals surface area contributed by atoms with E-state index >= 15 is 0 Å². The molecule has 0 bridgehead atoms. The molecular weight excluding hydrogens is 1130 g/mol. The van der Waals surface area contributed by atoms with E-state index in [9.17, 15) is 78.6 Å². The summed E-state index contributed by atoms with van der Waals surface area (Å²) < 4.78 is 0. The van der Waals surface area contributed by atoms with Gasteiger partial charge in [-0.3, -0.25) is 53.2 Å². The molecule has 28 heteroatoms. The van der Waals surface area contributed by atoms with Crippen molar-refractivity contribution in [2.75, 3.05) is 90.4 Å². The molecule has 464 valence electrons. The highest BCUT2D eigenvalue weighted by atomic mass is 32.1. The van der Waals surface area contributed by atoms with Crippen molar-refractivity contribution in [3.05, 3.63) is 77.9 Å². The van der Waals surface area contributed by atoms with Gasteiger partial charge >= 0.3 is 47.8 Å². The molecule has 0 spiro atoms. The third-order valence-electron chi connectivity index (χ3n) is 15.0. The first-order chi connectivity index (χ1) is 40.5. The lowest BCUT2D eigenvalue weighted by atomic mass is 9.81. The minimum Gasteiger partial charge on any atom is -0.481 e. The number of nitrogens with one attached hydrogen (secondary N) is 6. The highest BCUT2D eigenvalue weighted by Crippen LogP contribution is 2.29. The van der Waals surface area contributed by atoms with Crippen LogP contribution in [0.15, 0.2) is 66.7 Å². The number of thiocarbonyl (C=S) groups is 1. The van der Waals surface area contributed by atoms with Crippen molar-refractivity contribution in [3.8, 4) is 0 Å². The Bertz CT molecular complexity index is 2800. The molecule has 1 heterocycles. The number of hydrogen-bond donors (Lipinski definition) is 13. The minimum absolute atomic E-state index is 0.0684. The first kappa shape index (κ1) is 67.7. The van der Waals surface area contributed by atoms with Crippen molar-refractivity contribution in [2.45, 2.75) is 94.8 Å². The van der Waals surface area contributed by atoms with Crippen LogP contribution < -0.4 is 31.9 Å². The van der Waals surface area contributed by atoms with E-state index in [-0.39, 0.29) is 116 Å². The highest BCUT2D eigenvalue weighted by molar-refractivity contribution is 7.80. The number of carboxylic acid groups (broad SMARTS) is 7. The highest BCUT2D eigenvalue weighted by Gasteiger charge is 2.32. The Kier molecular flexibility index (Phi) is 27.6. The molecule has 1 saturated heterocycles. The van der Waals surface area contributed by atoms with Crippen LogP contribution in [0.25, 0.3) is 10.8 Å². The molecule has 0 radical (unpaired) electrons. The number of fused-ring (bicyclic) bond motifs is 1. The van der Waals surface area contributed by atoms with Crippen molar-refractivity contribution < 1.29 is 83.7 Å². The molecule has 27 nitrogen and oxygen atoms in total. The van der Waals surface area contributed by atoms with Crippen molar-refractivity contribution >= 4 is 93.4 Å². The first-order valence-corrected chi connectivity index (χ1v) is 28.6. The fraction of sp³-hybridized carbons (Fsp3) is 0.526. The predicted molar refractivity (Wildman–Crippen MR) is 313 cm³/mol. The van der Waals surface area contributed by atoms with Crippen LogP contribution in [0.2, 0.25) is 0 Å². The van der Waals surface area contributed by atoms with E-state index in [1.807, 2.05) is 66.7 Å². The van der Waals surface area contributed by atoms with E-state index in [0.717, 1.165) is 21.9 Å². The molecule has 1 unspecified atom stereocenters. The minimum atomic E-state index is -1.55. The van der Waals surface area contributed by atoms with Crippen molar-refractivity contribution in [1.29, 1.82) is 0 Å². The van der Waals surface area contributed by atoms with Gasteiger partial charge in [0.15, 0.2) is 5.11 Å². The van der Waals surface area contributed by atoms with Crippen LogP contribution >= 0.6 is 12.2 Å². The number of carboxylic acids is 7. The molecule has 3 aromatic carbocycles. The van der Waals surface area contributed by atoms with E-state index in [1.165, 1.54) is 0 Å². The van der Waals surface area contributed by atoms with Gasteiger partial charge in [0.1, 0.15) is 18.1 Å². The van der Waals surface area contributed by atoms with Crippen molar-refractivity contribution in [3.63, 3.8) is 0 Å². The summed E-state index contributed by atoms with van der Waals surface area (Å²) in [5.41, 5.74) is 2.28. The molecule has 1 aliphatic heterocycles. The molecule has 2 aliphatic rings. The second-order valence-corrected chi connectivity index (χ2v) is 21.9. The summed E-state index contributed by atoms with van der Waals surface area (Å²) in [6.07, 6.45) is 2.52. The quantitative estimate of drug-likeness (QED) is 0.0332. The number of benzene rings is 3. The molecule has 1 aliphatic carbocycles. The van der Waals surface area contributed by atoms with E-state index in [2.05, 4.69) is 31.9 Å². The van der Waals surface area contributed by atoms with E-state index in [0.29, 0.717) is 55.9 Å². The maximum Gasteiger partial charge on any atom is 0.326 e. The molecule has 5 rings (SSSR count). The Morgan fingerprint density at radius 2 is 1.11 bits per heavy atom. The van der Waals surface area contributed by atoms with Gasteiger partial charge < -0.3 is 67.6 Å². The fourth-order valence-corrected chi connectivity index (χ4v) is 10.6. The van der Waals surface area contributed by atoms with Gasteiger partial charge in [-0.15, -0.1) is 0 Å². The zero-order chi connectivity index (χ0) is 62.0. The maximum atomic E-state index is 13.9. The summed E-state index contributed by atoms with van der Waals surface area (Å²) in [5, 5.41) is 85.8. The molecule has 85 heavy (non-hydrogen) atoms. The second-order valence-electron chi connectivity index (χ2n) is 21.5. The number of aliphatic carboxylic acids is 7. The Labute approximate surface area is 496 Å². The summed E-state index contributed by atoms with van der Waals surface area (Å²) in [7, 11) is 0. The first-order valence-electron chi connectivity index (χ1n) is 28.2. The number of carbonyl (C=O) groups is 10. The van der Waals surface area contributed by atoms with Gasteiger partial charge in [0, 0.05) is 89.4 Å². The number of unbranched alkanes of at least 4 members (excludes halogenated alkanes) is 1. The van der Waals surface area contributed by atoms with E-state index in [1.54, 1.807) is 19.6 Å². The van der Waals surface area contributed by atoms with E-state index in [4.69, 9.17) is 17.3 Å². The molecule has 13 N–H and O–H groups in total. The lowest BCUT2D eigenvalue weighted by Crippen LogP contribution is -2.53. The van der Waals surface area contributed by atoms with Gasteiger partial charge in [0.2, 0.25) is 11.8 Å². The zero-order valence-electron chi connectivity index (χ0n) is 47.2. The summed E-state index contributed by atoms with van der Waals surface area (Å²) in [6, 6.07) is 15.3. The van der Waals surface area contributed by atoms with Crippen LogP contribution in [0.4, 0.5) is 10.5 Å². The molecular formula is C57H78N10O17S. The number of hydrogen-bond acceptors (Lipinski definition) is 15. The molecule has 0 aromatic heterocycles. The third kappa shape index (κ3) is 25.0. The smallest absolute Gasteiger partial charge is 0.326 e. The van der Waals surface area contributed by atoms with Gasteiger partial charge in [-0.2, -0.15) is 0 Å². The van der Waals surface area contributed by atoms with Crippen molar-refractivity contribution in [1.82, 2.24) is 46.2 Å². The predicted octanol–water partition coefficient (Wildman–Crippen LogP) is 1.49. The van der Waals surface area contributed by atoms with Crippen LogP contribution in [0.1, 0.15) is 68.9 Å². The van der Waals surface area contributed by atoms with Gasteiger partial charge in [0.05, 0.1) is 26.2 Å². The lowest BCUT2D eigenvalue weighted by Gasteiger charge is -2.37. The molecule has 4 atom stereocenters. The van der Waals surface area contributed by atoms with Crippen LogP contribution in [-0.2, 0) is 56.0 Å². The SMILES string of the molecule is O=C(O)CC[C@H](NC(=O)N[C@@H](CCCCNC(=O)[C@H](Cc1ccc2ccccc2c1)NC(=O)[C@H]1CC[C@H](CNC(=S)Nc2ccc(CC3CN(CC(=O)O)CCN(CC(=O)O)CCN(CC(=O)O)CCN3CC(=O)O)cc2)CC1)C(=O)O)C(=O)O.